The first-order valence-corrected chi connectivity index (χ1v) is 10.2. The molecule has 4 rings (SSSR count). The Morgan fingerprint density at radius 3 is 2.71 bits per heavy atom. The largest absolute Gasteiger partial charge is 0.485 e. The van der Waals surface area contributed by atoms with Gasteiger partial charge >= 0.3 is 0 Å². The van der Waals surface area contributed by atoms with E-state index in [4.69, 9.17) is 4.74 Å². The number of amides is 1. The monoisotopic (exact) mass is 382 g/mol. The lowest BCUT2D eigenvalue weighted by Crippen LogP contribution is -2.52. The molecule has 2 aromatic rings. The van der Waals surface area contributed by atoms with Crippen LogP contribution in [0, 0.1) is 6.92 Å². The second kappa shape index (κ2) is 7.59. The van der Waals surface area contributed by atoms with Crippen molar-refractivity contribution in [3.05, 3.63) is 47.8 Å². The van der Waals surface area contributed by atoms with Crippen molar-refractivity contribution in [3.8, 4) is 5.75 Å². The SMILES string of the molecule is CNC1CCC2(CC1)CN(C(=O)C(C)n1nccc1C)Cc1ccccc1O2. The van der Waals surface area contributed by atoms with Crippen molar-refractivity contribution in [2.75, 3.05) is 13.6 Å². The molecule has 1 atom stereocenters. The zero-order valence-corrected chi connectivity index (χ0v) is 17.0. The summed E-state index contributed by atoms with van der Waals surface area (Å²) in [7, 11) is 2.02. The Morgan fingerprint density at radius 2 is 2.04 bits per heavy atom. The van der Waals surface area contributed by atoms with Gasteiger partial charge in [0.25, 0.3) is 0 Å². The summed E-state index contributed by atoms with van der Waals surface area (Å²) in [5, 5.41) is 7.74. The number of hydrogen-bond acceptors (Lipinski definition) is 4. The zero-order chi connectivity index (χ0) is 19.7. The molecule has 1 N–H and O–H groups in total. The van der Waals surface area contributed by atoms with E-state index < -0.39 is 0 Å². The van der Waals surface area contributed by atoms with Crippen LogP contribution >= 0.6 is 0 Å². The second-order valence-corrected chi connectivity index (χ2v) is 8.24. The first-order chi connectivity index (χ1) is 13.5. The molecule has 2 heterocycles. The van der Waals surface area contributed by atoms with E-state index in [0.717, 1.165) is 42.7 Å². The first kappa shape index (κ1) is 19.0. The van der Waals surface area contributed by atoms with Gasteiger partial charge in [0.05, 0.1) is 6.54 Å². The van der Waals surface area contributed by atoms with E-state index in [0.29, 0.717) is 19.1 Å². The lowest BCUT2D eigenvalue weighted by molar-refractivity contribution is -0.138. The number of ether oxygens (including phenoxy) is 1. The highest BCUT2D eigenvalue weighted by atomic mass is 16.5. The molecular weight excluding hydrogens is 352 g/mol. The molecule has 28 heavy (non-hydrogen) atoms. The average molecular weight is 383 g/mol. The van der Waals surface area contributed by atoms with E-state index in [1.165, 1.54) is 0 Å². The van der Waals surface area contributed by atoms with Crippen LogP contribution in [0.2, 0.25) is 0 Å². The topological polar surface area (TPSA) is 59.4 Å². The molecular formula is C22H30N4O2. The molecule has 1 aromatic carbocycles. The van der Waals surface area contributed by atoms with Gasteiger partial charge in [-0.15, -0.1) is 0 Å². The summed E-state index contributed by atoms with van der Waals surface area (Å²) >= 11 is 0. The highest BCUT2D eigenvalue weighted by Gasteiger charge is 2.42. The molecule has 0 saturated heterocycles. The third-order valence-electron chi connectivity index (χ3n) is 6.35. The molecule has 1 spiro atoms. The van der Waals surface area contributed by atoms with Crippen LogP contribution in [-0.2, 0) is 11.3 Å². The summed E-state index contributed by atoms with van der Waals surface area (Å²) < 4.78 is 8.42. The highest BCUT2D eigenvalue weighted by molar-refractivity contribution is 5.80. The fourth-order valence-corrected chi connectivity index (χ4v) is 4.61. The van der Waals surface area contributed by atoms with Gasteiger partial charge in [-0.05, 0) is 58.7 Å². The summed E-state index contributed by atoms with van der Waals surface area (Å²) in [5.74, 6) is 1.02. The van der Waals surface area contributed by atoms with Crippen LogP contribution in [0.5, 0.6) is 5.75 Å². The first-order valence-electron chi connectivity index (χ1n) is 10.2. The number of rotatable bonds is 3. The van der Waals surface area contributed by atoms with Crippen LogP contribution in [0.4, 0.5) is 0 Å². The maximum absolute atomic E-state index is 13.5. The van der Waals surface area contributed by atoms with Crippen molar-refractivity contribution in [1.82, 2.24) is 20.0 Å². The van der Waals surface area contributed by atoms with Crippen LogP contribution in [0.1, 0.15) is 49.9 Å². The molecule has 150 valence electrons. The maximum atomic E-state index is 13.5. The zero-order valence-electron chi connectivity index (χ0n) is 17.0. The Bertz CT molecular complexity index is 839. The molecule has 1 aliphatic heterocycles. The van der Waals surface area contributed by atoms with Crippen LogP contribution in [0.3, 0.4) is 0 Å². The molecule has 6 nitrogen and oxygen atoms in total. The van der Waals surface area contributed by atoms with Crippen LogP contribution in [0.25, 0.3) is 0 Å². The minimum atomic E-state index is -0.328. The van der Waals surface area contributed by atoms with Crippen LogP contribution in [0.15, 0.2) is 36.5 Å². The average Bonchev–Trinajstić information content (AvgIpc) is 3.07. The van der Waals surface area contributed by atoms with Gasteiger partial charge in [-0.2, -0.15) is 5.10 Å². The number of nitrogens with zero attached hydrogens (tertiary/aromatic N) is 3. The van der Waals surface area contributed by atoms with Crippen LogP contribution < -0.4 is 10.1 Å². The van der Waals surface area contributed by atoms with E-state index in [2.05, 4.69) is 16.5 Å². The van der Waals surface area contributed by atoms with Gasteiger partial charge in [-0.25, -0.2) is 0 Å². The van der Waals surface area contributed by atoms with Crippen molar-refractivity contribution in [2.24, 2.45) is 0 Å². The third kappa shape index (κ3) is 3.53. The number of nitrogens with one attached hydrogen (secondary N) is 1. The maximum Gasteiger partial charge on any atom is 0.247 e. The van der Waals surface area contributed by atoms with Gasteiger partial charge < -0.3 is 15.0 Å². The smallest absolute Gasteiger partial charge is 0.247 e. The Morgan fingerprint density at radius 1 is 1.29 bits per heavy atom. The minimum absolute atomic E-state index is 0.0993. The van der Waals surface area contributed by atoms with Crippen molar-refractivity contribution < 1.29 is 9.53 Å². The Balaban J connectivity index is 1.63. The normalized spacial score (nSPS) is 25.7. The molecule has 6 heteroatoms. The summed E-state index contributed by atoms with van der Waals surface area (Å²) in [6.07, 6.45) is 5.78. The van der Waals surface area contributed by atoms with Crippen LogP contribution in [-0.4, -0.2) is 45.8 Å². The Hall–Kier alpha value is -2.34. The standard InChI is InChI=1S/C22H30N4O2/c1-16-10-13-24-26(16)17(2)21(27)25-14-18-6-4-5-7-20(18)28-22(15-25)11-8-19(23-3)9-12-22/h4-7,10,13,17,19,23H,8-9,11-12,14-15H2,1-3H3. The summed E-state index contributed by atoms with van der Waals surface area (Å²) in [4.78, 5) is 15.4. The van der Waals surface area contributed by atoms with Gasteiger partial charge in [0.15, 0.2) is 0 Å². The Labute approximate surface area is 166 Å². The van der Waals surface area contributed by atoms with Gasteiger partial charge in [0, 0.05) is 30.0 Å². The highest BCUT2D eigenvalue weighted by Crippen LogP contribution is 2.38. The summed E-state index contributed by atoms with van der Waals surface area (Å²) in [6.45, 7) is 5.13. The molecule has 0 radical (unpaired) electrons. The van der Waals surface area contributed by atoms with Crippen molar-refractivity contribution in [2.45, 2.75) is 63.8 Å². The third-order valence-corrected chi connectivity index (χ3v) is 6.35. The summed E-state index contributed by atoms with van der Waals surface area (Å²) in [5.41, 5.74) is 1.76. The predicted molar refractivity (Wildman–Crippen MR) is 108 cm³/mol. The molecule has 1 aromatic heterocycles. The Kier molecular flexibility index (Phi) is 5.15. The lowest BCUT2D eigenvalue weighted by atomic mass is 9.81. The minimum Gasteiger partial charge on any atom is -0.485 e. The number of carbonyl (C=O) groups excluding carboxylic acids is 1. The van der Waals surface area contributed by atoms with E-state index in [1.54, 1.807) is 6.20 Å². The lowest BCUT2D eigenvalue weighted by Gasteiger charge is -2.41. The van der Waals surface area contributed by atoms with E-state index in [9.17, 15) is 4.79 Å². The number of aryl methyl sites for hydroxylation is 1. The number of carbonyl (C=O) groups is 1. The summed E-state index contributed by atoms with van der Waals surface area (Å²) in [6, 6.07) is 10.3. The molecule has 1 fully saturated rings. The number of para-hydroxylation sites is 1. The number of hydrogen-bond donors (Lipinski definition) is 1. The van der Waals surface area contributed by atoms with E-state index >= 15 is 0 Å². The molecule has 1 saturated carbocycles. The van der Waals surface area contributed by atoms with Crippen molar-refractivity contribution in [1.29, 1.82) is 0 Å². The number of aromatic nitrogens is 2. The fourth-order valence-electron chi connectivity index (χ4n) is 4.61. The molecule has 1 amide bonds. The van der Waals surface area contributed by atoms with Gasteiger partial charge in [0.2, 0.25) is 5.91 Å². The van der Waals surface area contributed by atoms with E-state index in [-0.39, 0.29) is 17.6 Å². The quantitative estimate of drug-likeness (QED) is 0.886. The van der Waals surface area contributed by atoms with Gasteiger partial charge in [-0.1, -0.05) is 18.2 Å². The predicted octanol–water partition coefficient (Wildman–Crippen LogP) is 3.07. The van der Waals surface area contributed by atoms with Gasteiger partial charge in [0.1, 0.15) is 17.4 Å². The molecule has 1 unspecified atom stereocenters. The molecule has 1 aliphatic carbocycles. The second-order valence-electron chi connectivity index (χ2n) is 8.24. The molecule has 0 bridgehead atoms. The fraction of sp³-hybridized carbons (Fsp3) is 0.545. The van der Waals surface area contributed by atoms with Gasteiger partial charge in [-0.3, -0.25) is 9.48 Å². The molecule has 2 aliphatic rings. The van der Waals surface area contributed by atoms with Crippen molar-refractivity contribution in [3.63, 3.8) is 0 Å². The number of fused-ring (bicyclic) bond motifs is 1. The van der Waals surface area contributed by atoms with Crippen molar-refractivity contribution >= 4 is 5.91 Å². The van der Waals surface area contributed by atoms with E-state index in [1.807, 2.05) is 54.7 Å². The number of benzene rings is 1.